The van der Waals surface area contributed by atoms with Crippen LogP contribution in [0.5, 0.6) is 0 Å². The number of nitrogens with zero attached hydrogens (tertiary/aromatic N) is 2. The van der Waals surface area contributed by atoms with Crippen LogP contribution in [0.3, 0.4) is 0 Å². The van der Waals surface area contributed by atoms with Gasteiger partial charge >= 0.3 is 0 Å². The van der Waals surface area contributed by atoms with Crippen LogP contribution in [0.4, 0.5) is 0 Å². The molecule has 2 amide bonds. The zero-order chi connectivity index (χ0) is 13.5. The third kappa shape index (κ3) is 4.69. The highest BCUT2D eigenvalue weighted by Gasteiger charge is 2.19. The van der Waals surface area contributed by atoms with E-state index in [4.69, 9.17) is 4.74 Å². The smallest absolute Gasteiger partial charge is 0.232 e. The Labute approximate surface area is 118 Å². The van der Waals surface area contributed by atoms with Crippen LogP contribution in [0.2, 0.25) is 0 Å². The number of amides is 2. The van der Waals surface area contributed by atoms with Gasteiger partial charge in [-0.25, -0.2) is 0 Å². The van der Waals surface area contributed by atoms with Crippen LogP contribution >= 0.6 is 11.8 Å². The standard InChI is InChI=1S/C13H22N2O3S/c16-12(14-4-2-1-3-5-14)10-19-11-13(17)15-6-8-18-9-7-15/h1-11H2. The van der Waals surface area contributed by atoms with Crippen molar-refractivity contribution in [2.24, 2.45) is 0 Å². The number of carbonyl (C=O) groups is 2. The van der Waals surface area contributed by atoms with Gasteiger partial charge in [-0.3, -0.25) is 9.59 Å². The Morgan fingerprint density at radius 1 is 0.842 bits per heavy atom. The molecular weight excluding hydrogens is 264 g/mol. The van der Waals surface area contributed by atoms with Crippen LogP contribution in [0.25, 0.3) is 0 Å². The first-order chi connectivity index (χ1) is 9.27. The molecule has 0 bridgehead atoms. The Morgan fingerprint density at radius 3 is 1.95 bits per heavy atom. The summed E-state index contributed by atoms with van der Waals surface area (Å²) in [6.45, 7) is 4.39. The van der Waals surface area contributed by atoms with Gasteiger partial charge in [0.1, 0.15) is 0 Å². The Kier molecular flexibility index (Phi) is 5.97. The molecule has 2 aliphatic rings. The minimum Gasteiger partial charge on any atom is -0.378 e. The Hall–Kier alpha value is -0.750. The summed E-state index contributed by atoms with van der Waals surface area (Å²) in [6.07, 6.45) is 3.46. The maximum absolute atomic E-state index is 11.9. The first-order valence-corrected chi connectivity index (χ1v) is 8.14. The number of piperidine rings is 1. The molecule has 2 fully saturated rings. The van der Waals surface area contributed by atoms with Crippen LogP contribution in [-0.2, 0) is 14.3 Å². The van der Waals surface area contributed by atoms with E-state index in [1.807, 2.05) is 9.80 Å². The van der Waals surface area contributed by atoms with Crippen LogP contribution in [0.1, 0.15) is 19.3 Å². The van der Waals surface area contributed by atoms with E-state index >= 15 is 0 Å². The summed E-state index contributed by atoms with van der Waals surface area (Å²) in [5.41, 5.74) is 0. The highest BCUT2D eigenvalue weighted by atomic mass is 32.2. The van der Waals surface area contributed by atoms with Gasteiger partial charge in [0.25, 0.3) is 0 Å². The molecule has 2 heterocycles. The zero-order valence-electron chi connectivity index (χ0n) is 11.3. The number of rotatable bonds is 4. The topological polar surface area (TPSA) is 49.9 Å². The molecule has 0 radical (unpaired) electrons. The van der Waals surface area contributed by atoms with Gasteiger partial charge in [0.15, 0.2) is 0 Å². The fraction of sp³-hybridized carbons (Fsp3) is 0.846. The predicted molar refractivity (Wildman–Crippen MR) is 75.2 cm³/mol. The molecule has 0 spiro atoms. The second kappa shape index (κ2) is 7.75. The molecule has 0 saturated carbocycles. The van der Waals surface area contributed by atoms with Gasteiger partial charge in [-0.1, -0.05) is 0 Å². The van der Waals surface area contributed by atoms with Gasteiger partial charge in [0, 0.05) is 26.2 Å². The average Bonchev–Trinajstić information content (AvgIpc) is 2.49. The SMILES string of the molecule is O=C(CSCC(=O)N1CCOCC1)N1CCCCC1. The van der Waals surface area contributed by atoms with Crippen molar-refractivity contribution in [3.63, 3.8) is 0 Å². The van der Waals surface area contributed by atoms with E-state index in [-0.39, 0.29) is 11.8 Å². The summed E-state index contributed by atoms with van der Waals surface area (Å²) in [5.74, 6) is 1.13. The maximum Gasteiger partial charge on any atom is 0.232 e. The monoisotopic (exact) mass is 286 g/mol. The summed E-state index contributed by atoms with van der Waals surface area (Å²) in [5, 5.41) is 0. The van der Waals surface area contributed by atoms with E-state index in [2.05, 4.69) is 0 Å². The lowest BCUT2D eigenvalue weighted by Gasteiger charge is -2.28. The Balaban J connectivity index is 1.62. The van der Waals surface area contributed by atoms with Gasteiger partial charge in [-0.15, -0.1) is 11.8 Å². The summed E-state index contributed by atoms with van der Waals surface area (Å²) in [4.78, 5) is 27.5. The van der Waals surface area contributed by atoms with Crippen molar-refractivity contribution in [1.82, 2.24) is 9.80 Å². The van der Waals surface area contributed by atoms with Gasteiger partial charge < -0.3 is 14.5 Å². The third-order valence-corrected chi connectivity index (χ3v) is 4.43. The minimum atomic E-state index is 0.125. The summed E-state index contributed by atoms with van der Waals surface area (Å²) in [6, 6.07) is 0. The second-order valence-corrected chi connectivity index (χ2v) is 5.91. The van der Waals surface area contributed by atoms with Crippen molar-refractivity contribution in [1.29, 1.82) is 0 Å². The molecule has 2 rings (SSSR count). The molecule has 108 valence electrons. The summed E-state index contributed by atoms with van der Waals surface area (Å²) < 4.78 is 5.21. The van der Waals surface area contributed by atoms with Gasteiger partial charge in [-0.05, 0) is 19.3 Å². The fourth-order valence-electron chi connectivity index (χ4n) is 2.36. The molecule has 0 atom stereocenters. The fourth-order valence-corrected chi connectivity index (χ4v) is 3.18. The molecular formula is C13H22N2O3S. The van der Waals surface area contributed by atoms with Crippen LogP contribution < -0.4 is 0 Å². The van der Waals surface area contributed by atoms with E-state index in [9.17, 15) is 9.59 Å². The lowest BCUT2D eigenvalue weighted by molar-refractivity contribution is -0.132. The number of hydrogen-bond acceptors (Lipinski definition) is 4. The number of thioether (sulfide) groups is 1. The highest BCUT2D eigenvalue weighted by Crippen LogP contribution is 2.12. The molecule has 6 heteroatoms. The van der Waals surface area contributed by atoms with Crippen molar-refractivity contribution in [2.45, 2.75) is 19.3 Å². The number of carbonyl (C=O) groups excluding carboxylic acids is 2. The number of likely N-dealkylation sites (tertiary alicyclic amines) is 1. The number of morpholine rings is 1. The molecule has 2 saturated heterocycles. The van der Waals surface area contributed by atoms with Gasteiger partial charge in [0.05, 0.1) is 24.7 Å². The quantitative estimate of drug-likeness (QED) is 0.759. The Morgan fingerprint density at radius 2 is 1.37 bits per heavy atom. The molecule has 2 aliphatic heterocycles. The predicted octanol–water partition coefficient (Wildman–Crippen LogP) is 0.591. The molecule has 0 aromatic heterocycles. The van der Waals surface area contributed by atoms with Crippen molar-refractivity contribution >= 4 is 23.6 Å². The van der Waals surface area contributed by atoms with E-state index in [0.29, 0.717) is 37.8 Å². The first kappa shape index (κ1) is 14.7. The van der Waals surface area contributed by atoms with Crippen LogP contribution in [-0.4, -0.2) is 72.5 Å². The lowest BCUT2D eigenvalue weighted by atomic mass is 10.1. The molecule has 0 aromatic carbocycles. The van der Waals surface area contributed by atoms with E-state index < -0.39 is 0 Å². The number of hydrogen-bond donors (Lipinski definition) is 0. The average molecular weight is 286 g/mol. The molecule has 0 aromatic rings. The normalized spacial score (nSPS) is 20.4. The molecule has 0 aliphatic carbocycles. The lowest BCUT2D eigenvalue weighted by Crippen LogP contribution is -2.42. The van der Waals surface area contributed by atoms with E-state index in [0.717, 1.165) is 25.9 Å². The van der Waals surface area contributed by atoms with Gasteiger partial charge in [-0.2, -0.15) is 0 Å². The molecule has 0 N–H and O–H groups in total. The molecule has 19 heavy (non-hydrogen) atoms. The van der Waals surface area contributed by atoms with Crippen LogP contribution in [0, 0.1) is 0 Å². The second-order valence-electron chi connectivity index (χ2n) is 4.93. The minimum absolute atomic E-state index is 0.125. The van der Waals surface area contributed by atoms with Crippen molar-refractivity contribution in [3.8, 4) is 0 Å². The maximum atomic E-state index is 11.9. The van der Waals surface area contributed by atoms with Crippen molar-refractivity contribution < 1.29 is 14.3 Å². The number of ether oxygens (including phenoxy) is 1. The Bertz CT molecular complexity index is 283. The van der Waals surface area contributed by atoms with Gasteiger partial charge in [0.2, 0.25) is 11.8 Å². The van der Waals surface area contributed by atoms with E-state index in [1.54, 1.807) is 0 Å². The largest absolute Gasteiger partial charge is 0.378 e. The summed E-state index contributed by atoms with van der Waals surface area (Å²) >= 11 is 1.43. The zero-order valence-corrected chi connectivity index (χ0v) is 12.1. The van der Waals surface area contributed by atoms with Crippen LogP contribution in [0.15, 0.2) is 0 Å². The van der Waals surface area contributed by atoms with Crippen molar-refractivity contribution in [2.75, 3.05) is 50.9 Å². The third-order valence-electron chi connectivity index (χ3n) is 3.52. The molecule has 5 nitrogen and oxygen atoms in total. The summed E-state index contributed by atoms with van der Waals surface area (Å²) in [7, 11) is 0. The highest BCUT2D eigenvalue weighted by molar-refractivity contribution is 8.00. The first-order valence-electron chi connectivity index (χ1n) is 6.98. The van der Waals surface area contributed by atoms with E-state index in [1.165, 1.54) is 18.2 Å². The van der Waals surface area contributed by atoms with Crippen molar-refractivity contribution in [3.05, 3.63) is 0 Å². The molecule has 0 unspecified atom stereocenters.